The van der Waals surface area contributed by atoms with Crippen LogP contribution in [0.15, 0.2) is 0 Å². The second-order valence-corrected chi connectivity index (χ2v) is 5.29. The summed E-state index contributed by atoms with van der Waals surface area (Å²) < 4.78 is 0. The zero-order chi connectivity index (χ0) is 12.9. The summed E-state index contributed by atoms with van der Waals surface area (Å²) in [6, 6.07) is 0. The van der Waals surface area contributed by atoms with Crippen LogP contribution in [0, 0.1) is 11.3 Å². The van der Waals surface area contributed by atoms with Crippen LogP contribution in [0.1, 0.15) is 52.4 Å². The van der Waals surface area contributed by atoms with Gasteiger partial charge in [0.1, 0.15) is 0 Å². The second kappa shape index (κ2) is 6.03. The molecule has 1 fully saturated rings. The lowest BCUT2D eigenvalue weighted by Crippen LogP contribution is -2.45. The average Bonchev–Trinajstić information content (AvgIpc) is 2.29. The molecule has 0 saturated heterocycles. The smallest absolute Gasteiger partial charge is 0.311 e. The Labute approximate surface area is 103 Å². The number of rotatable bonds is 5. The molecule has 4 nitrogen and oxygen atoms in total. The van der Waals surface area contributed by atoms with Gasteiger partial charge in [-0.1, -0.05) is 13.8 Å². The van der Waals surface area contributed by atoms with E-state index in [4.69, 9.17) is 0 Å². The molecule has 17 heavy (non-hydrogen) atoms. The van der Waals surface area contributed by atoms with Gasteiger partial charge in [-0.05, 0) is 38.0 Å². The van der Waals surface area contributed by atoms with Crippen molar-refractivity contribution in [1.29, 1.82) is 0 Å². The molecule has 1 aliphatic carbocycles. The molecule has 1 amide bonds. The summed E-state index contributed by atoms with van der Waals surface area (Å²) >= 11 is 0. The van der Waals surface area contributed by atoms with E-state index in [-0.39, 0.29) is 12.5 Å². The summed E-state index contributed by atoms with van der Waals surface area (Å²) in [6.45, 7) is 4.38. The maximum Gasteiger partial charge on any atom is 0.311 e. The zero-order valence-corrected chi connectivity index (χ0v) is 10.8. The van der Waals surface area contributed by atoms with Crippen molar-refractivity contribution in [3.63, 3.8) is 0 Å². The van der Waals surface area contributed by atoms with Crippen LogP contribution in [-0.4, -0.2) is 23.5 Å². The lowest BCUT2D eigenvalue weighted by atomic mass is 9.71. The first-order valence-corrected chi connectivity index (χ1v) is 6.50. The first kappa shape index (κ1) is 14.0. The third kappa shape index (κ3) is 3.72. The molecule has 0 aromatic carbocycles. The first-order chi connectivity index (χ1) is 8.00. The van der Waals surface area contributed by atoms with Gasteiger partial charge in [-0.15, -0.1) is 0 Å². The quantitative estimate of drug-likeness (QED) is 0.775. The molecule has 0 aliphatic heterocycles. The van der Waals surface area contributed by atoms with E-state index in [9.17, 15) is 14.7 Å². The molecule has 2 N–H and O–H groups in total. The van der Waals surface area contributed by atoms with Crippen LogP contribution in [-0.2, 0) is 9.59 Å². The lowest BCUT2D eigenvalue weighted by Gasteiger charge is -2.35. The number of carboxylic acid groups (broad SMARTS) is 1. The summed E-state index contributed by atoms with van der Waals surface area (Å²) in [5.41, 5.74) is -0.726. The number of amides is 1. The van der Waals surface area contributed by atoms with Crippen molar-refractivity contribution in [3.8, 4) is 0 Å². The van der Waals surface area contributed by atoms with Crippen LogP contribution in [0.4, 0.5) is 0 Å². The van der Waals surface area contributed by atoms with Crippen molar-refractivity contribution in [2.45, 2.75) is 52.4 Å². The fourth-order valence-electron chi connectivity index (χ4n) is 2.36. The molecule has 0 atom stereocenters. The van der Waals surface area contributed by atoms with Crippen LogP contribution < -0.4 is 5.32 Å². The number of hydrogen-bond acceptors (Lipinski definition) is 2. The Bertz CT molecular complexity index is 280. The number of carbonyl (C=O) groups is 2. The molecule has 1 rings (SSSR count). The lowest BCUT2D eigenvalue weighted by molar-refractivity contribution is -0.151. The van der Waals surface area contributed by atoms with Gasteiger partial charge in [0.2, 0.25) is 5.91 Å². The fourth-order valence-corrected chi connectivity index (χ4v) is 2.36. The summed E-state index contributed by atoms with van der Waals surface area (Å²) in [5, 5.41) is 12.1. The average molecular weight is 241 g/mol. The first-order valence-electron chi connectivity index (χ1n) is 6.50. The molecule has 0 spiro atoms. The SMILES string of the molecule is CCCC(=O)NCC1(C(=O)O)CCC(C)CC1. The Morgan fingerprint density at radius 3 is 2.41 bits per heavy atom. The monoisotopic (exact) mass is 241 g/mol. The molecule has 98 valence electrons. The minimum atomic E-state index is -0.763. The van der Waals surface area contributed by atoms with Crippen LogP contribution in [0.2, 0.25) is 0 Å². The van der Waals surface area contributed by atoms with E-state index in [1.807, 2.05) is 6.92 Å². The second-order valence-electron chi connectivity index (χ2n) is 5.29. The molecule has 0 aromatic rings. The van der Waals surface area contributed by atoms with Crippen LogP contribution in [0.25, 0.3) is 0 Å². The summed E-state index contributed by atoms with van der Waals surface area (Å²) in [5.74, 6) is -0.193. The van der Waals surface area contributed by atoms with E-state index in [2.05, 4.69) is 12.2 Å². The van der Waals surface area contributed by atoms with E-state index in [0.29, 0.717) is 25.2 Å². The number of carboxylic acids is 1. The summed E-state index contributed by atoms with van der Waals surface area (Å²) in [7, 11) is 0. The van der Waals surface area contributed by atoms with Gasteiger partial charge in [0.25, 0.3) is 0 Å². The number of aliphatic carboxylic acids is 1. The zero-order valence-electron chi connectivity index (χ0n) is 10.8. The summed E-state index contributed by atoms with van der Waals surface area (Å²) in [4.78, 5) is 22.8. The predicted molar refractivity (Wildman–Crippen MR) is 65.6 cm³/mol. The Morgan fingerprint density at radius 1 is 1.35 bits per heavy atom. The van der Waals surface area contributed by atoms with Crippen LogP contribution in [0.3, 0.4) is 0 Å². The van der Waals surface area contributed by atoms with E-state index in [1.54, 1.807) is 0 Å². The van der Waals surface area contributed by atoms with Gasteiger partial charge >= 0.3 is 5.97 Å². The Morgan fingerprint density at radius 2 is 1.94 bits per heavy atom. The molecule has 0 bridgehead atoms. The molecular formula is C13H23NO3. The maximum absolute atomic E-state index is 11.4. The standard InChI is InChI=1S/C13H23NO3/c1-3-4-11(15)14-9-13(12(16)17)7-5-10(2)6-8-13/h10H,3-9H2,1-2H3,(H,14,15)(H,16,17). The number of hydrogen-bond donors (Lipinski definition) is 2. The highest BCUT2D eigenvalue weighted by Gasteiger charge is 2.41. The Hall–Kier alpha value is -1.06. The highest BCUT2D eigenvalue weighted by molar-refractivity contribution is 5.79. The van der Waals surface area contributed by atoms with Crippen molar-refractivity contribution in [3.05, 3.63) is 0 Å². The van der Waals surface area contributed by atoms with Crippen LogP contribution >= 0.6 is 0 Å². The molecule has 4 heteroatoms. The largest absolute Gasteiger partial charge is 0.481 e. The topological polar surface area (TPSA) is 66.4 Å². The maximum atomic E-state index is 11.4. The van der Waals surface area contributed by atoms with Crippen molar-refractivity contribution in [1.82, 2.24) is 5.32 Å². The van der Waals surface area contributed by atoms with Gasteiger partial charge in [0, 0.05) is 13.0 Å². The van der Waals surface area contributed by atoms with Crippen molar-refractivity contribution in [2.75, 3.05) is 6.54 Å². The molecule has 0 aromatic heterocycles. The van der Waals surface area contributed by atoms with Crippen molar-refractivity contribution in [2.24, 2.45) is 11.3 Å². The highest BCUT2D eigenvalue weighted by Crippen LogP contribution is 2.38. The molecule has 0 unspecified atom stereocenters. The van der Waals surface area contributed by atoms with E-state index >= 15 is 0 Å². The minimum absolute atomic E-state index is 0.0354. The van der Waals surface area contributed by atoms with E-state index < -0.39 is 11.4 Å². The van der Waals surface area contributed by atoms with Gasteiger partial charge in [-0.2, -0.15) is 0 Å². The third-order valence-corrected chi connectivity index (χ3v) is 3.79. The molecule has 0 radical (unpaired) electrons. The molecule has 1 aliphatic rings. The molecular weight excluding hydrogens is 218 g/mol. The van der Waals surface area contributed by atoms with Crippen molar-refractivity contribution >= 4 is 11.9 Å². The Kier molecular flexibility index (Phi) is 4.97. The van der Waals surface area contributed by atoms with E-state index in [1.165, 1.54) is 0 Å². The van der Waals surface area contributed by atoms with Gasteiger partial charge in [0.15, 0.2) is 0 Å². The fraction of sp³-hybridized carbons (Fsp3) is 0.846. The number of carbonyl (C=O) groups excluding carboxylic acids is 1. The van der Waals surface area contributed by atoms with Crippen LogP contribution in [0.5, 0.6) is 0 Å². The normalized spacial score (nSPS) is 28.7. The third-order valence-electron chi connectivity index (χ3n) is 3.79. The molecule has 0 heterocycles. The minimum Gasteiger partial charge on any atom is -0.481 e. The highest BCUT2D eigenvalue weighted by atomic mass is 16.4. The van der Waals surface area contributed by atoms with Gasteiger partial charge in [0.05, 0.1) is 5.41 Å². The molecule has 1 saturated carbocycles. The van der Waals surface area contributed by atoms with Gasteiger partial charge in [-0.3, -0.25) is 9.59 Å². The Balaban J connectivity index is 2.54. The van der Waals surface area contributed by atoms with Crippen molar-refractivity contribution < 1.29 is 14.7 Å². The van der Waals surface area contributed by atoms with Gasteiger partial charge in [-0.25, -0.2) is 0 Å². The van der Waals surface area contributed by atoms with E-state index in [0.717, 1.165) is 19.3 Å². The van der Waals surface area contributed by atoms with Gasteiger partial charge < -0.3 is 10.4 Å². The predicted octanol–water partition coefficient (Wildman–Crippen LogP) is 2.18. The number of nitrogens with one attached hydrogen (secondary N) is 1. The summed E-state index contributed by atoms with van der Waals surface area (Å²) in [6.07, 6.45) is 4.51.